The minimum atomic E-state index is -3.62. The van der Waals surface area contributed by atoms with Crippen LogP contribution in [0.3, 0.4) is 0 Å². The van der Waals surface area contributed by atoms with Gasteiger partial charge in [0.15, 0.2) is 0 Å². The molecule has 0 atom stereocenters. The molecule has 0 radical (unpaired) electrons. The first-order valence-electron chi connectivity index (χ1n) is 11.7. The minimum absolute atomic E-state index is 0.276. The molecule has 1 aromatic rings. The summed E-state index contributed by atoms with van der Waals surface area (Å²) in [6, 6.07) is 6.96. The Balaban J connectivity index is 1.92. The fraction of sp³-hybridized carbons (Fsp3) is 0.680. The largest absolute Gasteiger partial charge is 0.297 e. The number of hydrogen-bond donors (Lipinski definition) is 0. The maximum Gasteiger partial charge on any atom is 0.297 e. The minimum Gasteiger partial charge on any atom is -0.266 e. The maximum absolute atomic E-state index is 12.2. The van der Waals surface area contributed by atoms with E-state index < -0.39 is 10.1 Å². The molecule has 0 N–H and O–H groups in total. The van der Waals surface area contributed by atoms with Gasteiger partial charge in [0.05, 0.1) is 11.5 Å². The molecular weight excluding hydrogens is 380 g/mol. The van der Waals surface area contributed by atoms with E-state index in [1.807, 2.05) is 6.07 Å². The second-order valence-electron chi connectivity index (χ2n) is 7.98. The Morgan fingerprint density at radius 1 is 0.759 bits per heavy atom. The summed E-state index contributed by atoms with van der Waals surface area (Å²) in [5.74, 6) is 0. The Bertz CT molecular complexity index is 650. The van der Waals surface area contributed by atoms with Crippen molar-refractivity contribution in [1.82, 2.24) is 0 Å². The van der Waals surface area contributed by atoms with Crippen molar-refractivity contribution < 1.29 is 12.6 Å². The molecule has 3 nitrogen and oxygen atoms in total. The Kier molecular flexibility index (Phi) is 14.9. The average Bonchev–Trinajstić information content (AvgIpc) is 2.70. The first-order valence-corrected chi connectivity index (χ1v) is 13.1. The highest BCUT2D eigenvalue weighted by Crippen LogP contribution is 2.17. The second-order valence-corrected chi connectivity index (χ2v) is 9.56. The molecule has 0 aliphatic heterocycles. The van der Waals surface area contributed by atoms with Crippen LogP contribution in [0.25, 0.3) is 0 Å². The molecule has 0 heterocycles. The lowest BCUT2D eigenvalue weighted by molar-refractivity contribution is 0.306. The Labute approximate surface area is 180 Å². The van der Waals surface area contributed by atoms with Gasteiger partial charge in [0.2, 0.25) is 0 Å². The summed E-state index contributed by atoms with van der Waals surface area (Å²) in [5.41, 5.74) is 0.730. The monoisotopic (exact) mass is 422 g/mol. The van der Waals surface area contributed by atoms with Crippen LogP contribution in [0.2, 0.25) is 0 Å². The molecule has 0 spiro atoms. The molecule has 0 unspecified atom stereocenters. The molecule has 0 aromatic heterocycles. The van der Waals surface area contributed by atoms with Crippen LogP contribution in [-0.4, -0.2) is 15.0 Å². The lowest BCUT2D eigenvalue weighted by atomic mass is 10.1. The van der Waals surface area contributed by atoms with Crippen molar-refractivity contribution >= 4 is 10.1 Å². The summed E-state index contributed by atoms with van der Waals surface area (Å²) in [6.45, 7) is 4.33. The van der Waals surface area contributed by atoms with E-state index in [2.05, 4.69) is 19.1 Å². The van der Waals surface area contributed by atoms with Crippen LogP contribution >= 0.6 is 0 Å². The quantitative estimate of drug-likeness (QED) is 0.138. The third-order valence-electron chi connectivity index (χ3n) is 5.26. The van der Waals surface area contributed by atoms with Gasteiger partial charge in [-0.3, -0.25) is 4.18 Å². The summed E-state index contributed by atoms with van der Waals surface area (Å²) >= 11 is 0. The van der Waals surface area contributed by atoms with Crippen LogP contribution in [0.15, 0.2) is 41.3 Å². The highest BCUT2D eigenvalue weighted by Gasteiger charge is 2.16. The van der Waals surface area contributed by atoms with E-state index in [-0.39, 0.29) is 11.5 Å². The van der Waals surface area contributed by atoms with Crippen LogP contribution in [0.4, 0.5) is 0 Å². The first kappa shape index (κ1) is 25.9. The molecule has 1 aromatic carbocycles. The van der Waals surface area contributed by atoms with E-state index in [9.17, 15) is 8.42 Å². The van der Waals surface area contributed by atoms with Crippen molar-refractivity contribution in [1.29, 1.82) is 0 Å². The van der Waals surface area contributed by atoms with Crippen molar-refractivity contribution in [3.63, 3.8) is 0 Å². The predicted molar refractivity (Wildman–Crippen MR) is 124 cm³/mol. The van der Waals surface area contributed by atoms with Crippen LogP contribution in [0.5, 0.6) is 0 Å². The summed E-state index contributed by atoms with van der Waals surface area (Å²) in [5, 5.41) is 0. The topological polar surface area (TPSA) is 43.4 Å². The van der Waals surface area contributed by atoms with Gasteiger partial charge >= 0.3 is 0 Å². The smallest absolute Gasteiger partial charge is 0.266 e. The molecule has 0 aliphatic rings. The molecule has 166 valence electrons. The summed E-state index contributed by atoms with van der Waals surface area (Å²) in [6.07, 6.45) is 22.0. The van der Waals surface area contributed by atoms with Crippen molar-refractivity contribution in [3.05, 3.63) is 42.0 Å². The van der Waals surface area contributed by atoms with Gasteiger partial charge in [-0.15, -0.1) is 0 Å². The molecule has 1 rings (SSSR count). The van der Waals surface area contributed by atoms with Crippen molar-refractivity contribution in [2.24, 2.45) is 0 Å². The van der Waals surface area contributed by atoms with E-state index in [1.165, 1.54) is 70.6 Å². The average molecular weight is 423 g/mol. The van der Waals surface area contributed by atoms with Crippen LogP contribution in [-0.2, 0) is 14.3 Å². The molecule has 0 aliphatic carbocycles. The fourth-order valence-electron chi connectivity index (χ4n) is 3.42. The number of unbranched alkanes of at least 4 members (excludes halogenated alkanes) is 12. The van der Waals surface area contributed by atoms with Gasteiger partial charge in [-0.05, 0) is 50.7 Å². The predicted octanol–water partition coefficient (Wildman–Crippen LogP) is 7.74. The third-order valence-corrected chi connectivity index (χ3v) is 6.73. The Morgan fingerprint density at radius 3 is 1.86 bits per heavy atom. The Morgan fingerprint density at radius 2 is 1.28 bits per heavy atom. The molecule has 0 bridgehead atoms. The zero-order valence-electron chi connectivity index (χ0n) is 18.7. The molecule has 0 amide bonds. The van der Waals surface area contributed by atoms with Gasteiger partial charge in [-0.1, -0.05) is 95.1 Å². The highest BCUT2D eigenvalue weighted by atomic mass is 32.2. The van der Waals surface area contributed by atoms with Crippen LogP contribution in [0, 0.1) is 6.92 Å². The van der Waals surface area contributed by atoms with Crippen LogP contribution < -0.4 is 0 Å². The summed E-state index contributed by atoms with van der Waals surface area (Å²) < 4.78 is 29.5. The number of rotatable bonds is 18. The van der Waals surface area contributed by atoms with Gasteiger partial charge in [-0.2, -0.15) is 8.42 Å². The maximum atomic E-state index is 12.2. The van der Waals surface area contributed by atoms with E-state index >= 15 is 0 Å². The van der Waals surface area contributed by atoms with Gasteiger partial charge < -0.3 is 0 Å². The summed E-state index contributed by atoms with van der Waals surface area (Å²) in [4.78, 5) is 0.282. The van der Waals surface area contributed by atoms with Crippen molar-refractivity contribution in [3.8, 4) is 0 Å². The van der Waals surface area contributed by atoms with E-state index in [0.29, 0.717) is 0 Å². The van der Waals surface area contributed by atoms with Gasteiger partial charge in [0.1, 0.15) is 0 Å². The van der Waals surface area contributed by atoms with Crippen LogP contribution in [0.1, 0.15) is 102 Å². The number of allylic oxidation sites excluding steroid dienone is 2. The lowest BCUT2D eigenvalue weighted by Crippen LogP contribution is -2.09. The van der Waals surface area contributed by atoms with E-state index in [1.54, 1.807) is 25.1 Å². The fourth-order valence-corrected chi connectivity index (χ4v) is 4.59. The van der Waals surface area contributed by atoms with E-state index in [0.717, 1.165) is 24.8 Å². The van der Waals surface area contributed by atoms with Gasteiger partial charge in [0, 0.05) is 0 Å². The SMILES string of the molecule is CCCCCCCCC=CCCCCCCCCOS(=O)(=O)c1ccccc1C. The normalized spacial score (nSPS) is 12.1. The molecule has 0 saturated carbocycles. The third kappa shape index (κ3) is 12.9. The zero-order valence-corrected chi connectivity index (χ0v) is 19.5. The summed E-state index contributed by atoms with van der Waals surface area (Å²) in [7, 11) is -3.62. The zero-order chi connectivity index (χ0) is 21.2. The number of benzene rings is 1. The van der Waals surface area contributed by atoms with Gasteiger partial charge in [0.25, 0.3) is 10.1 Å². The molecule has 29 heavy (non-hydrogen) atoms. The van der Waals surface area contributed by atoms with E-state index in [4.69, 9.17) is 4.18 Å². The molecular formula is C25H42O3S. The standard InChI is InChI=1S/C25H42O3S/c1-3-4-5-6-7-8-9-10-11-12-13-14-15-16-17-20-23-28-29(26,27)25-22-19-18-21-24(25)2/h10-11,18-19,21-22H,3-9,12-17,20,23H2,1-2H3. The molecule has 4 heteroatoms. The van der Waals surface area contributed by atoms with Crippen molar-refractivity contribution in [2.75, 3.05) is 6.61 Å². The van der Waals surface area contributed by atoms with Gasteiger partial charge in [-0.25, -0.2) is 0 Å². The van der Waals surface area contributed by atoms with Crippen molar-refractivity contribution in [2.45, 2.75) is 109 Å². The first-order chi connectivity index (χ1) is 14.1. The Hall–Kier alpha value is -1.13. The molecule has 0 fully saturated rings. The molecule has 0 saturated heterocycles. The lowest BCUT2D eigenvalue weighted by Gasteiger charge is -2.08. The second kappa shape index (κ2) is 16.6. The number of hydrogen-bond acceptors (Lipinski definition) is 3. The highest BCUT2D eigenvalue weighted by molar-refractivity contribution is 7.86. The number of aryl methyl sites for hydroxylation is 1.